The van der Waals surface area contributed by atoms with Crippen LogP contribution in [0.2, 0.25) is 0 Å². The number of H-pyrrole nitrogens is 1. The summed E-state index contributed by atoms with van der Waals surface area (Å²) >= 11 is 0. The zero-order valence-electron chi connectivity index (χ0n) is 10.6. The van der Waals surface area contributed by atoms with Crippen molar-refractivity contribution in [2.24, 2.45) is 5.92 Å². The molecule has 3 aromatic heterocycles. The van der Waals surface area contributed by atoms with E-state index in [1.807, 2.05) is 24.3 Å². The zero-order valence-corrected chi connectivity index (χ0v) is 10.6. The van der Waals surface area contributed by atoms with Crippen LogP contribution < -0.4 is 5.32 Å². The lowest BCUT2D eigenvalue weighted by atomic mass is 10.3. The van der Waals surface area contributed by atoms with Crippen molar-refractivity contribution >= 4 is 17.5 Å². The van der Waals surface area contributed by atoms with Gasteiger partial charge in [-0.25, -0.2) is 4.52 Å². The van der Waals surface area contributed by atoms with Crippen LogP contribution in [0.5, 0.6) is 0 Å². The second-order valence-corrected chi connectivity index (χ2v) is 4.85. The van der Waals surface area contributed by atoms with E-state index in [9.17, 15) is 4.79 Å². The minimum atomic E-state index is 0.00370. The van der Waals surface area contributed by atoms with E-state index < -0.39 is 0 Å². The van der Waals surface area contributed by atoms with Crippen LogP contribution in [0.25, 0.3) is 17.0 Å². The fourth-order valence-electron chi connectivity index (χ4n) is 2.12. The number of hydrogen-bond acceptors (Lipinski definition) is 4. The maximum Gasteiger partial charge on any atom is 0.249 e. The molecular formula is C13H12N6O. The Kier molecular flexibility index (Phi) is 2.32. The van der Waals surface area contributed by atoms with Gasteiger partial charge in [0.15, 0.2) is 5.65 Å². The van der Waals surface area contributed by atoms with E-state index in [0.717, 1.165) is 24.2 Å². The first-order valence-electron chi connectivity index (χ1n) is 6.48. The first kappa shape index (κ1) is 11.2. The van der Waals surface area contributed by atoms with Gasteiger partial charge in [0.1, 0.15) is 0 Å². The molecule has 0 aliphatic heterocycles. The molecule has 1 fully saturated rings. The molecule has 0 saturated heterocycles. The van der Waals surface area contributed by atoms with Crippen LogP contribution in [0, 0.1) is 5.92 Å². The topological polar surface area (TPSA) is 88.0 Å². The first-order chi connectivity index (χ1) is 9.81. The molecule has 0 unspecified atom stereocenters. The normalized spacial score (nSPS) is 14.6. The minimum Gasteiger partial charge on any atom is -0.293 e. The number of aromatic nitrogens is 5. The van der Waals surface area contributed by atoms with E-state index in [1.165, 1.54) is 0 Å². The van der Waals surface area contributed by atoms with Gasteiger partial charge in [-0.3, -0.25) is 15.2 Å². The van der Waals surface area contributed by atoms with Crippen molar-refractivity contribution in [2.75, 3.05) is 5.32 Å². The van der Waals surface area contributed by atoms with Crippen molar-refractivity contribution in [3.05, 3.63) is 30.5 Å². The Balaban J connectivity index is 1.75. The molecule has 7 nitrogen and oxygen atoms in total. The molecule has 7 heteroatoms. The molecule has 0 radical (unpaired) electrons. The predicted molar refractivity (Wildman–Crippen MR) is 71.9 cm³/mol. The highest BCUT2D eigenvalue weighted by Crippen LogP contribution is 2.30. The molecule has 3 aromatic rings. The van der Waals surface area contributed by atoms with Gasteiger partial charge in [-0.1, -0.05) is 6.07 Å². The second kappa shape index (κ2) is 4.16. The molecule has 4 rings (SSSR count). The molecule has 100 valence electrons. The lowest BCUT2D eigenvalue weighted by molar-refractivity contribution is -0.117. The van der Waals surface area contributed by atoms with Gasteiger partial charge in [0, 0.05) is 12.1 Å². The van der Waals surface area contributed by atoms with Crippen LogP contribution in [0.15, 0.2) is 30.5 Å². The number of anilines is 1. The summed E-state index contributed by atoms with van der Waals surface area (Å²) in [6.45, 7) is 0. The molecule has 2 N–H and O–H groups in total. The number of carbonyl (C=O) groups is 1. The number of nitrogens with one attached hydrogen (secondary N) is 2. The van der Waals surface area contributed by atoms with Crippen molar-refractivity contribution in [1.82, 2.24) is 24.8 Å². The van der Waals surface area contributed by atoms with Gasteiger partial charge in [0.25, 0.3) is 0 Å². The van der Waals surface area contributed by atoms with Crippen molar-refractivity contribution in [3.8, 4) is 11.4 Å². The van der Waals surface area contributed by atoms with Gasteiger partial charge in [0.05, 0.1) is 11.4 Å². The first-order valence-corrected chi connectivity index (χ1v) is 6.48. The smallest absolute Gasteiger partial charge is 0.249 e. The van der Waals surface area contributed by atoms with E-state index in [2.05, 4.69) is 25.6 Å². The van der Waals surface area contributed by atoms with Gasteiger partial charge in [-0.2, -0.15) is 10.1 Å². The van der Waals surface area contributed by atoms with E-state index >= 15 is 0 Å². The number of hydrogen-bond donors (Lipinski definition) is 2. The fraction of sp³-hybridized carbons (Fsp3) is 0.231. The molecular weight excluding hydrogens is 256 g/mol. The monoisotopic (exact) mass is 268 g/mol. The van der Waals surface area contributed by atoms with Crippen LogP contribution in [0.3, 0.4) is 0 Å². The number of aromatic amines is 1. The summed E-state index contributed by atoms with van der Waals surface area (Å²) in [7, 11) is 0. The third-order valence-corrected chi connectivity index (χ3v) is 3.32. The highest BCUT2D eigenvalue weighted by atomic mass is 16.2. The van der Waals surface area contributed by atoms with Gasteiger partial charge in [-0.15, -0.1) is 5.10 Å². The molecule has 0 spiro atoms. The minimum absolute atomic E-state index is 0.00370. The Bertz CT molecular complexity index is 771. The van der Waals surface area contributed by atoms with Gasteiger partial charge in [0.2, 0.25) is 11.9 Å². The summed E-state index contributed by atoms with van der Waals surface area (Å²) in [6.07, 6.45) is 3.60. The highest BCUT2D eigenvalue weighted by Gasteiger charge is 2.30. The Morgan fingerprint density at radius 3 is 3.00 bits per heavy atom. The lowest BCUT2D eigenvalue weighted by Gasteiger charge is -2.00. The van der Waals surface area contributed by atoms with Gasteiger partial charge >= 0.3 is 0 Å². The fourth-order valence-corrected chi connectivity index (χ4v) is 2.12. The summed E-state index contributed by atoms with van der Waals surface area (Å²) in [5.74, 6) is 0.478. The third-order valence-electron chi connectivity index (χ3n) is 3.32. The van der Waals surface area contributed by atoms with Crippen LogP contribution in [-0.4, -0.2) is 30.7 Å². The third kappa shape index (κ3) is 1.83. The van der Waals surface area contributed by atoms with Crippen molar-refractivity contribution in [3.63, 3.8) is 0 Å². The average Bonchev–Trinajstić information content (AvgIpc) is 3.00. The SMILES string of the molecule is O=C(Nc1nc2cccc(-c3ccn[nH]3)n2n1)C1CC1. The average molecular weight is 268 g/mol. The molecule has 20 heavy (non-hydrogen) atoms. The van der Waals surface area contributed by atoms with E-state index in [1.54, 1.807) is 10.7 Å². The summed E-state index contributed by atoms with van der Waals surface area (Å²) in [5.41, 5.74) is 2.38. The van der Waals surface area contributed by atoms with E-state index in [4.69, 9.17) is 0 Å². The molecule has 1 amide bonds. The van der Waals surface area contributed by atoms with Crippen LogP contribution in [-0.2, 0) is 4.79 Å². The number of pyridine rings is 1. The van der Waals surface area contributed by atoms with E-state index in [-0.39, 0.29) is 11.8 Å². The Morgan fingerprint density at radius 2 is 2.25 bits per heavy atom. The summed E-state index contributed by atoms with van der Waals surface area (Å²) in [5, 5.41) is 13.9. The lowest BCUT2D eigenvalue weighted by Crippen LogP contribution is -2.14. The van der Waals surface area contributed by atoms with E-state index in [0.29, 0.717) is 11.6 Å². The van der Waals surface area contributed by atoms with Crippen LogP contribution >= 0.6 is 0 Å². The Labute approximate surface area is 114 Å². The molecule has 3 heterocycles. The molecule has 1 aliphatic carbocycles. The number of rotatable bonds is 3. The number of fused-ring (bicyclic) bond motifs is 1. The molecule has 0 bridgehead atoms. The van der Waals surface area contributed by atoms with Crippen molar-refractivity contribution in [1.29, 1.82) is 0 Å². The largest absolute Gasteiger partial charge is 0.293 e. The van der Waals surface area contributed by atoms with Crippen LogP contribution in [0.4, 0.5) is 5.95 Å². The van der Waals surface area contributed by atoms with Crippen molar-refractivity contribution in [2.45, 2.75) is 12.8 Å². The number of carbonyl (C=O) groups excluding carboxylic acids is 1. The standard InChI is InChI=1S/C13H12N6O/c20-12(8-4-5-8)16-13-15-11-3-1-2-10(19(11)18-13)9-6-7-14-17-9/h1-3,6-8H,4-5H2,(H,14,17)(H,16,18,20). The number of nitrogens with zero attached hydrogens (tertiary/aromatic N) is 4. The molecule has 1 aliphatic rings. The summed E-state index contributed by atoms with van der Waals surface area (Å²) in [6, 6.07) is 7.52. The Hall–Kier alpha value is -2.70. The highest BCUT2D eigenvalue weighted by molar-refractivity contribution is 5.92. The van der Waals surface area contributed by atoms with Gasteiger partial charge in [-0.05, 0) is 31.0 Å². The molecule has 1 saturated carbocycles. The van der Waals surface area contributed by atoms with Gasteiger partial charge < -0.3 is 0 Å². The quantitative estimate of drug-likeness (QED) is 0.753. The summed E-state index contributed by atoms with van der Waals surface area (Å²) in [4.78, 5) is 16.1. The number of amides is 1. The zero-order chi connectivity index (χ0) is 13.5. The maximum absolute atomic E-state index is 11.7. The maximum atomic E-state index is 11.7. The Morgan fingerprint density at radius 1 is 1.35 bits per heavy atom. The molecule has 0 atom stereocenters. The predicted octanol–water partition coefficient (Wildman–Crippen LogP) is 1.47. The second-order valence-electron chi connectivity index (χ2n) is 4.85. The van der Waals surface area contributed by atoms with Crippen molar-refractivity contribution < 1.29 is 4.79 Å². The molecule has 0 aromatic carbocycles. The van der Waals surface area contributed by atoms with Crippen LogP contribution in [0.1, 0.15) is 12.8 Å². The summed E-state index contributed by atoms with van der Waals surface area (Å²) < 4.78 is 1.69.